The number of nitrogens with one attached hydrogen (secondary N) is 1. The Morgan fingerprint density at radius 3 is 2.62 bits per heavy atom. The molecule has 3 atom stereocenters. The van der Waals surface area contributed by atoms with Crippen LogP contribution in [0.4, 0.5) is 0 Å². The second-order valence-electron chi connectivity index (χ2n) is 9.18. The lowest BCUT2D eigenvalue weighted by Crippen LogP contribution is -2.64. The fraction of sp³-hybridized carbons (Fsp3) is 0.522. The van der Waals surface area contributed by atoms with Crippen molar-refractivity contribution in [3.63, 3.8) is 0 Å². The van der Waals surface area contributed by atoms with Crippen LogP contribution in [0.2, 0.25) is 0 Å². The first-order chi connectivity index (χ1) is 13.8. The molecule has 1 unspecified atom stereocenters. The molecule has 4 rings (SSSR count). The van der Waals surface area contributed by atoms with E-state index in [0.29, 0.717) is 36.4 Å². The highest BCUT2D eigenvalue weighted by Crippen LogP contribution is 2.50. The zero-order chi connectivity index (χ0) is 20.8. The summed E-state index contributed by atoms with van der Waals surface area (Å²) in [6.45, 7) is 9.13. The number of piperazine rings is 1. The summed E-state index contributed by atoms with van der Waals surface area (Å²) in [7, 11) is 0. The molecule has 2 heterocycles. The van der Waals surface area contributed by atoms with E-state index in [-0.39, 0.29) is 17.4 Å². The number of aromatic nitrogens is 1. The Bertz CT molecular complexity index is 908. The second kappa shape index (κ2) is 7.56. The lowest BCUT2D eigenvalue weighted by molar-refractivity contribution is -0.131. The highest BCUT2D eigenvalue weighted by Gasteiger charge is 2.61. The molecule has 1 saturated heterocycles. The third-order valence-corrected chi connectivity index (χ3v) is 7.03. The van der Waals surface area contributed by atoms with Gasteiger partial charge in [0.25, 0.3) is 5.91 Å². The zero-order valence-electron chi connectivity index (χ0n) is 17.5. The average Bonchev–Trinajstić information content (AvgIpc) is 3.15. The largest absolute Gasteiger partial charge is 0.347 e. The van der Waals surface area contributed by atoms with Crippen LogP contribution < -0.4 is 5.32 Å². The summed E-state index contributed by atoms with van der Waals surface area (Å²) in [4.78, 5) is 32.9. The minimum absolute atomic E-state index is 0.0139. The number of thiazole rings is 1. The lowest BCUT2D eigenvalue weighted by atomic mass is 9.94. The number of benzene rings is 1. The molecule has 1 spiro atoms. The van der Waals surface area contributed by atoms with Gasteiger partial charge in [-0.05, 0) is 30.6 Å². The molecule has 5 nitrogen and oxygen atoms in total. The van der Waals surface area contributed by atoms with E-state index >= 15 is 0 Å². The minimum Gasteiger partial charge on any atom is -0.347 e. The van der Waals surface area contributed by atoms with Crippen LogP contribution in [0, 0.1) is 17.8 Å². The molecule has 1 aromatic carbocycles. The van der Waals surface area contributed by atoms with Crippen molar-refractivity contribution in [2.45, 2.75) is 52.1 Å². The van der Waals surface area contributed by atoms with Crippen molar-refractivity contribution in [1.82, 2.24) is 15.2 Å². The Balaban J connectivity index is 1.61. The van der Waals surface area contributed by atoms with E-state index in [4.69, 9.17) is 0 Å². The molecule has 1 saturated carbocycles. The average molecular weight is 412 g/mol. The van der Waals surface area contributed by atoms with E-state index in [1.165, 1.54) is 11.3 Å². The topological polar surface area (TPSA) is 62.3 Å². The van der Waals surface area contributed by atoms with Crippen LogP contribution in [-0.2, 0) is 4.79 Å². The first kappa shape index (κ1) is 20.1. The standard InChI is InChI=1S/C23H29N3O2S/c1-14(2)10-19-20(27)25-23(11-17(23)15(3)4)13-26(19)22(28)18-12-29-21(24-18)16-8-6-5-7-9-16/h5-9,12,14-15,17,19H,10-11,13H2,1-4H3,(H,25,27)/t17?,19-,23-/m0/s1. The van der Waals surface area contributed by atoms with Gasteiger partial charge in [-0.1, -0.05) is 58.0 Å². The molecule has 1 N–H and O–H groups in total. The normalized spacial score (nSPS) is 26.3. The smallest absolute Gasteiger partial charge is 0.274 e. The van der Waals surface area contributed by atoms with Crippen LogP contribution in [0.15, 0.2) is 35.7 Å². The number of amides is 2. The van der Waals surface area contributed by atoms with Gasteiger partial charge in [0.05, 0.1) is 5.54 Å². The molecule has 1 aliphatic carbocycles. The van der Waals surface area contributed by atoms with Crippen LogP contribution in [0.3, 0.4) is 0 Å². The van der Waals surface area contributed by atoms with E-state index in [1.54, 1.807) is 4.90 Å². The maximum Gasteiger partial charge on any atom is 0.274 e. The van der Waals surface area contributed by atoms with Crippen molar-refractivity contribution >= 4 is 23.2 Å². The summed E-state index contributed by atoms with van der Waals surface area (Å²) < 4.78 is 0. The molecule has 2 aromatic rings. The highest BCUT2D eigenvalue weighted by atomic mass is 32.1. The summed E-state index contributed by atoms with van der Waals surface area (Å²) >= 11 is 1.47. The molecule has 2 aliphatic rings. The first-order valence-corrected chi connectivity index (χ1v) is 11.3. The molecule has 2 amide bonds. The second-order valence-corrected chi connectivity index (χ2v) is 10.0. The Morgan fingerprint density at radius 2 is 2.00 bits per heavy atom. The summed E-state index contributed by atoms with van der Waals surface area (Å²) in [6.07, 6.45) is 1.61. The molecule has 154 valence electrons. The Hall–Kier alpha value is -2.21. The summed E-state index contributed by atoms with van der Waals surface area (Å²) in [5.41, 5.74) is 1.19. The van der Waals surface area contributed by atoms with Gasteiger partial charge in [-0.3, -0.25) is 9.59 Å². The van der Waals surface area contributed by atoms with Gasteiger partial charge in [0.2, 0.25) is 5.91 Å². The lowest BCUT2D eigenvalue weighted by Gasteiger charge is -2.41. The Morgan fingerprint density at radius 1 is 1.28 bits per heavy atom. The monoisotopic (exact) mass is 411 g/mol. The fourth-order valence-corrected chi connectivity index (χ4v) is 5.38. The van der Waals surface area contributed by atoms with Crippen molar-refractivity contribution in [3.05, 3.63) is 41.4 Å². The molecule has 1 aliphatic heterocycles. The Kier molecular flexibility index (Phi) is 5.23. The number of nitrogens with zero attached hydrogens (tertiary/aromatic N) is 2. The van der Waals surface area contributed by atoms with Crippen LogP contribution >= 0.6 is 11.3 Å². The number of carbonyl (C=O) groups excluding carboxylic acids is 2. The van der Waals surface area contributed by atoms with E-state index in [9.17, 15) is 9.59 Å². The van der Waals surface area contributed by atoms with Crippen molar-refractivity contribution in [1.29, 1.82) is 0 Å². The number of hydrogen-bond donors (Lipinski definition) is 1. The van der Waals surface area contributed by atoms with Gasteiger partial charge in [-0.15, -0.1) is 11.3 Å². The van der Waals surface area contributed by atoms with E-state index < -0.39 is 6.04 Å². The van der Waals surface area contributed by atoms with Gasteiger partial charge in [-0.2, -0.15) is 0 Å². The quantitative estimate of drug-likeness (QED) is 0.802. The molecule has 29 heavy (non-hydrogen) atoms. The predicted octanol–water partition coefficient (Wildman–Crippen LogP) is 4.21. The molecular weight excluding hydrogens is 382 g/mol. The molecule has 0 radical (unpaired) electrons. The highest BCUT2D eigenvalue weighted by molar-refractivity contribution is 7.13. The summed E-state index contributed by atoms with van der Waals surface area (Å²) in [5, 5.41) is 5.92. The SMILES string of the molecule is CC(C)C[C@H]1C(=O)N[C@@]2(CC2C(C)C)CN1C(=O)c1csc(-c2ccccc2)n1. The summed E-state index contributed by atoms with van der Waals surface area (Å²) in [5.74, 6) is 1.10. The van der Waals surface area contributed by atoms with Crippen LogP contribution in [-0.4, -0.2) is 39.8 Å². The predicted molar refractivity (Wildman–Crippen MR) is 116 cm³/mol. The molecule has 0 bridgehead atoms. The minimum atomic E-state index is -0.427. The number of rotatable bonds is 5. The molecule has 1 aromatic heterocycles. The van der Waals surface area contributed by atoms with Gasteiger partial charge in [0, 0.05) is 17.5 Å². The molecule has 6 heteroatoms. The number of hydrogen-bond acceptors (Lipinski definition) is 4. The fourth-order valence-electron chi connectivity index (χ4n) is 4.58. The maximum atomic E-state index is 13.5. The summed E-state index contributed by atoms with van der Waals surface area (Å²) in [6, 6.07) is 9.46. The molecular formula is C23H29N3O2S. The van der Waals surface area contributed by atoms with Crippen molar-refractivity contribution in [2.24, 2.45) is 17.8 Å². The zero-order valence-corrected chi connectivity index (χ0v) is 18.3. The van der Waals surface area contributed by atoms with Gasteiger partial charge in [0.15, 0.2) is 0 Å². The third-order valence-electron chi connectivity index (χ3n) is 6.14. The van der Waals surface area contributed by atoms with Crippen LogP contribution in [0.1, 0.15) is 51.0 Å². The van der Waals surface area contributed by atoms with Gasteiger partial charge < -0.3 is 10.2 Å². The van der Waals surface area contributed by atoms with Crippen LogP contribution in [0.5, 0.6) is 0 Å². The van der Waals surface area contributed by atoms with Gasteiger partial charge in [0.1, 0.15) is 16.7 Å². The van der Waals surface area contributed by atoms with Gasteiger partial charge in [-0.25, -0.2) is 4.98 Å². The third kappa shape index (κ3) is 3.82. The Labute approximate surface area is 176 Å². The van der Waals surface area contributed by atoms with Crippen molar-refractivity contribution < 1.29 is 9.59 Å². The van der Waals surface area contributed by atoms with E-state index in [0.717, 1.165) is 17.0 Å². The molecule has 2 fully saturated rings. The van der Waals surface area contributed by atoms with Crippen molar-refractivity contribution in [2.75, 3.05) is 6.54 Å². The van der Waals surface area contributed by atoms with Gasteiger partial charge >= 0.3 is 0 Å². The first-order valence-electron chi connectivity index (χ1n) is 10.4. The van der Waals surface area contributed by atoms with E-state index in [1.807, 2.05) is 35.7 Å². The van der Waals surface area contributed by atoms with E-state index in [2.05, 4.69) is 38.0 Å². The van der Waals surface area contributed by atoms with Crippen LogP contribution in [0.25, 0.3) is 10.6 Å². The number of carbonyl (C=O) groups is 2. The maximum absolute atomic E-state index is 13.5. The van der Waals surface area contributed by atoms with Crippen molar-refractivity contribution in [3.8, 4) is 10.6 Å².